The number of aryl methyl sites for hydroxylation is 1. The van der Waals surface area contributed by atoms with Crippen LogP contribution in [0.5, 0.6) is 0 Å². The van der Waals surface area contributed by atoms with Crippen molar-refractivity contribution in [1.29, 1.82) is 0 Å². The normalized spacial score (nSPS) is 23.7. The summed E-state index contributed by atoms with van der Waals surface area (Å²) in [4.78, 5) is 40.6. The van der Waals surface area contributed by atoms with Gasteiger partial charge in [0.25, 0.3) is 5.91 Å². The summed E-state index contributed by atoms with van der Waals surface area (Å²) in [5.74, 6) is -0.0563. The molecular weight excluding hydrogens is 330 g/mol. The minimum atomic E-state index is -0.390. The summed E-state index contributed by atoms with van der Waals surface area (Å²) >= 11 is 0. The van der Waals surface area contributed by atoms with Gasteiger partial charge in [-0.1, -0.05) is 18.2 Å². The first-order valence-corrected chi connectivity index (χ1v) is 9.38. The summed E-state index contributed by atoms with van der Waals surface area (Å²) in [5, 5.41) is 3.06. The lowest BCUT2D eigenvalue weighted by Gasteiger charge is -2.36. The van der Waals surface area contributed by atoms with Crippen LogP contribution in [0.3, 0.4) is 0 Å². The minimum Gasteiger partial charge on any atom is -0.350 e. The summed E-state index contributed by atoms with van der Waals surface area (Å²) < 4.78 is 0. The van der Waals surface area contributed by atoms with E-state index in [2.05, 4.69) is 5.32 Å². The predicted octanol–water partition coefficient (Wildman–Crippen LogP) is 1.73. The summed E-state index contributed by atoms with van der Waals surface area (Å²) in [5.41, 5.74) is 1.68. The number of piperidine rings is 2. The van der Waals surface area contributed by atoms with Gasteiger partial charge in [0.1, 0.15) is 6.04 Å². The molecule has 2 aliphatic heterocycles. The third kappa shape index (κ3) is 3.89. The lowest BCUT2D eigenvalue weighted by atomic mass is 9.99. The Labute approximate surface area is 154 Å². The molecule has 2 fully saturated rings. The number of carbonyl (C=O) groups is 3. The second-order valence-electron chi connectivity index (χ2n) is 7.33. The van der Waals surface area contributed by atoms with E-state index < -0.39 is 6.04 Å². The molecule has 1 unspecified atom stereocenters. The Balaban J connectivity index is 1.62. The molecule has 0 radical (unpaired) electrons. The van der Waals surface area contributed by atoms with E-state index in [9.17, 15) is 14.4 Å². The average Bonchev–Trinajstić information content (AvgIpc) is 2.64. The van der Waals surface area contributed by atoms with Crippen molar-refractivity contribution in [1.82, 2.24) is 15.1 Å². The van der Waals surface area contributed by atoms with E-state index >= 15 is 0 Å². The zero-order chi connectivity index (χ0) is 18.7. The molecule has 26 heavy (non-hydrogen) atoms. The van der Waals surface area contributed by atoms with E-state index in [1.807, 2.05) is 36.1 Å². The molecule has 3 amide bonds. The smallest absolute Gasteiger partial charge is 0.254 e. The predicted molar refractivity (Wildman–Crippen MR) is 98.7 cm³/mol. The van der Waals surface area contributed by atoms with Crippen molar-refractivity contribution in [2.24, 2.45) is 0 Å². The zero-order valence-corrected chi connectivity index (χ0v) is 15.5. The number of likely N-dealkylation sites (N-methyl/N-ethyl adjacent to an activating group) is 1. The van der Waals surface area contributed by atoms with Gasteiger partial charge in [-0.15, -0.1) is 0 Å². The van der Waals surface area contributed by atoms with Gasteiger partial charge in [-0.25, -0.2) is 0 Å². The van der Waals surface area contributed by atoms with E-state index in [0.29, 0.717) is 25.9 Å². The Bertz CT molecular complexity index is 703. The number of likely N-dealkylation sites (tertiary alicyclic amines) is 2. The highest BCUT2D eigenvalue weighted by atomic mass is 16.2. The fraction of sp³-hybridized carbons (Fsp3) is 0.550. The second-order valence-corrected chi connectivity index (χ2v) is 7.33. The van der Waals surface area contributed by atoms with Crippen LogP contribution in [-0.2, 0) is 9.59 Å². The van der Waals surface area contributed by atoms with Gasteiger partial charge >= 0.3 is 0 Å². The van der Waals surface area contributed by atoms with Gasteiger partial charge in [0.05, 0.1) is 0 Å². The van der Waals surface area contributed by atoms with Crippen LogP contribution in [0.4, 0.5) is 0 Å². The number of nitrogens with one attached hydrogen (secondary N) is 1. The second kappa shape index (κ2) is 7.89. The van der Waals surface area contributed by atoms with Gasteiger partial charge in [0.2, 0.25) is 11.8 Å². The molecule has 1 N–H and O–H groups in total. The van der Waals surface area contributed by atoms with Crippen LogP contribution in [0.2, 0.25) is 0 Å². The highest BCUT2D eigenvalue weighted by Crippen LogP contribution is 2.19. The Morgan fingerprint density at radius 2 is 1.92 bits per heavy atom. The van der Waals surface area contributed by atoms with E-state index in [0.717, 1.165) is 30.4 Å². The monoisotopic (exact) mass is 357 g/mol. The molecule has 0 aliphatic carbocycles. The molecule has 3 rings (SSSR count). The largest absolute Gasteiger partial charge is 0.350 e. The molecule has 1 aromatic carbocycles. The van der Waals surface area contributed by atoms with Gasteiger partial charge in [-0.2, -0.15) is 0 Å². The number of amides is 3. The third-order valence-electron chi connectivity index (χ3n) is 5.46. The molecule has 2 heterocycles. The molecule has 2 aliphatic rings. The van der Waals surface area contributed by atoms with Crippen molar-refractivity contribution in [3.05, 3.63) is 35.4 Å². The fourth-order valence-corrected chi connectivity index (χ4v) is 3.86. The number of carbonyl (C=O) groups excluding carboxylic acids is 3. The number of rotatable bonds is 3. The molecular formula is C20H27N3O3. The number of benzene rings is 1. The van der Waals surface area contributed by atoms with Crippen LogP contribution in [0.1, 0.15) is 48.0 Å². The van der Waals surface area contributed by atoms with Crippen LogP contribution in [0, 0.1) is 6.92 Å². The molecule has 1 aromatic rings. The van der Waals surface area contributed by atoms with Crippen LogP contribution in [-0.4, -0.2) is 59.7 Å². The Kier molecular flexibility index (Phi) is 5.59. The maximum absolute atomic E-state index is 12.8. The molecule has 0 spiro atoms. The van der Waals surface area contributed by atoms with Crippen molar-refractivity contribution in [2.75, 3.05) is 20.1 Å². The van der Waals surface area contributed by atoms with Crippen LogP contribution >= 0.6 is 0 Å². The lowest BCUT2D eigenvalue weighted by molar-refractivity contribution is -0.142. The number of hydrogen-bond donors (Lipinski definition) is 1. The Morgan fingerprint density at radius 3 is 2.69 bits per heavy atom. The van der Waals surface area contributed by atoms with Crippen LogP contribution in [0.15, 0.2) is 24.3 Å². The fourth-order valence-electron chi connectivity index (χ4n) is 3.86. The van der Waals surface area contributed by atoms with Crippen molar-refractivity contribution < 1.29 is 14.4 Å². The van der Waals surface area contributed by atoms with E-state index in [1.54, 1.807) is 11.9 Å². The van der Waals surface area contributed by atoms with E-state index in [4.69, 9.17) is 0 Å². The van der Waals surface area contributed by atoms with Gasteiger partial charge in [0.15, 0.2) is 0 Å². The topological polar surface area (TPSA) is 69.7 Å². The summed E-state index contributed by atoms with van der Waals surface area (Å²) in [7, 11) is 1.70. The first-order chi connectivity index (χ1) is 12.5. The summed E-state index contributed by atoms with van der Waals surface area (Å²) in [6.07, 6.45) is 3.69. The molecule has 6 heteroatoms. The van der Waals surface area contributed by atoms with E-state index in [1.165, 1.54) is 0 Å². The zero-order valence-electron chi connectivity index (χ0n) is 15.5. The van der Waals surface area contributed by atoms with Crippen molar-refractivity contribution in [3.63, 3.8) is 0 Å². The first-order valence-electron chi connectivity index (χ1n) is 9.38. The van der Waals surface area contributed by atoms with Crippen LogP contribution < -0.4 is 5.32 Å². The van der Waals surface area contributed by atoms with Crippen molar-refractivity contribution >= 4 is 17.7 Å². The quantitative estimate of drug-likeness (QED) is 0.896. The average molecular weight is 357 g/mol. The third-order valence-corrected chi connectivity index (χ3v) is 5.46. The molecule has 0 saturated carbocycles. The molecule has 0 bridgehead atoms. The molecule has 2 saturated heterocycles. The lowest BCUT2D eigenvalue weighted by Crippen LogP contribution is -2.55. The molecule has 6 nitrogen and oxygen atoms in total. The highest BCUT2D eigenvalue weighted by molar-refractivity contribution is 5.95. The van der Waals surface area contributed by atoms with Gasteiger partial charge in [-0.05, 0) is 44.2 Å². The molecule has 140 valence electrons. The summed E-state index contributed by atoms with van der Waals surface area (Å²) in [6.45, 7) is 3.16. The van der Waals surface area contributed by atoms with Crippen molar-refractivity contribution in [2.45, 2.75) is 51.1 Å². The van der Waals surface area contributed by atoms with Gasteiger partial charge in [-0.3, -0.25) is 14.4 Å². The Morgan fingerprint density at radius 1 is 1.15 bits per heavy atom. The van der Waals surface area contributed by atoms with Gasteiger partial charge in [0, 0.05) is 38.2 Å². The van der Waals surface area contributed by atoms with E-state index in [-0.39, 0.29) is 23.8 Å². The molecule has 0 aromatic heterocycles. The first kappa shape index (κ1) is 18.4. The van der Waals surface area contributed by atoms with Crippen LogP contribution in [0.25, 0.3) is 0 Å². The molecule has 2 atom stereocenters. The number of nitrogens with zero attached hydrogens (tertiary/aromatic N) is 2. The summed E-state index contributed by atoms with van der Waals surface area (Å²) in [6, 6.07) is 7.13. The van der Waals surface area contributed by atoms with Crippen molar-refractivity contribution in [3.8, 4) is 0 Å². The number of hydrogen-bond acceptors (Lipinski definition) is 3. The maximum Gasteiger partial charge on any atom is 0.254 e. The highest BCUT2D eigenvalue weighted by Gasteiger charge is 2.33. The minimum absolute atomic E-state index is 0.0204. The standard InChI is InChI=1S/C20H27N3O3/c1-14-7-3-4-9-16(14)20(26)23-12-6-8-15(13-23)21-19(25)17-10-5-11-18(24)22(17)2/h3-4,7,9,15,17H,5-6,8,10-13H2,1-2H3,(H,21,25)/t15-,17?/m0/s1. The Hall–Kier alpha value is -2.37. The SMILES string of the molecule is Cc1ccccc1C(=O)N1CCC[C@H](NC(=O)C2CCCC(=O)N2C)C1. The maximum atomic E-state index is 12.8. The van der Waals surface area contributed by atoms with Gasteiger partial charge < -0.3 is 15.1 Å².